The van der Waals surface area contributed by atoms with Crippen molar-refractivity contribution in [2.24, 2.45) is 0 Å². The Hall–Kier alpha value is -1.28. The van der Waals surface area contributed by atoms with Crippen molar-refractivity contribution in [1.82, 2.24) is 4.57 Å². The highest BCUT2D eigenvalue weighted by Crippen LogP contribution is 2.37. The molecule has 0 atom stereocenters. The van der Waals surface area contributed by atoms with Gasteiger partial charge in [0, 0.05) is 22.7 Å². The van der Waals surface area contributed by atoms with Crippen molar-refractivity contribution in [2.75, 3.05) is 0 Å². The summed E-state index contributed by atoms with van der Waals surface area (Å²) in [6.45, 7) is 2.13. The molecule has 1 saturated carbocycles. The second-order valence-corrected chi connectivity index (χ2v) is 5.85. The van der Waals surface area contributed by atoms with Gasteiger partial charge in [-0.2, -0.15) is 0 Å². The smallest absolute Gasteiger partial charge is 0.151 e. The highest BCUT2D eigenvalue weighted by atomic mass is 35.5. The molecule has 2 nitrogen and oxygen atoms in total. The molecule has 1 fully saturated rings. The maximum absolute atomic E-state index is 11.1. The van der Waals surface area contributed by atoms with Gasteiger partial charge >= 0.3 is 0 Å². The minimum absolute atomic E-state index is 0.533. The second kappa shape index (κ2) is 5.01. The van der Waals surface area contributed by atoms with Crippen LogP contribution < -0.4 is 0 Å². The summed E-state index contributed by atoms with van der Waals surface area (Å²) in [5.74, 6) is 0. The number of hydrogen-bond acceptors (Lipinski definition) is 1. The maximum atomic E-state index is 11.1. The van der Waals surface area contributed by atoms with Gasteiger partial charge in [0.25, 0.3) is 0 Å². The van der Waals surface area contributed by atoms with Crippen LogP contribution >= 0.6 is 11.6 Å². The van der Waals surface area contributed by atoms with Gasteiger partial charge in [-0.15, -0.1) is 0 Å². The van der Waals surface area contributed by atoms with Crippen molar-refractivity contribution in [1.29, 1.82) is 0 Å². The fourth-order valence-corrected chi connectivity index (χ4v) is 3.64. The van der Waals surface area contributed by atoms with E-state index in [4.69, 9.17) is 11.6 Å². The second-order valence-electron chi connectivity index (χ2n) is 5.47. The van der Waals surface area contributed by atoms with Crippen LogP contribution in [0, 0.1) is 6.92 Å². The van der Waals surface area contributed by atoms with Gasteiger partial charge in [-0.1, -0.05) is 36.9 Å². The standard InChI is InChI=1S/C16H18ClNO/c1-11-9-12-7-8-13(10-19)15(17)16(12)18(11)14-5-3-2-4-6-14/h7-10,14H,2-6H2,1H3. The average molecular weight is 276 g/mol. The van der Waals surface area contributed by atoms with Gasteiger partial charge in [-0.3, -0.25) is 4.79 Å². The lowest BCUT2D eigenvalue weighted by Gasteiger charge is -2.26. The number of benzene rings is 1. The number of rotatable bonds is 2. The van der Waals surface area contributed by atoms with Crippen LogP contribution in [0.5, 0.6) is 0 Å². The molecule has 100 valence electrons. The lowest BCUT2D eigenvalue weighted by molar-refractivity contribution is 0.112. The molecule has 1 aliphatic rings. The Morgan fingerprint density at radius 3 is 2.68 bits per heavy atom. The fourth-order valence-electron chi connectivity index (χ4n) is 3.33. The van der Waals surface area contributed by atoms with Crippen molar-refractivity contribution in [2.45, 2.75) is 45.1 Å². The number of carbonyl (C=O) groups excluding carboxylic acids is 1. The first-order valence-corrected chi connectivity index (χ1v) is 7.35. The van der Waals surface area contributed by atoms with Crippen molar-refractivity contribution in [3.8, 4) is 0 Å². The Morgan fingerprint density at radius 2 is 2.00 bits per heavy atom. The number of hydrogen-bond donors (Lipinski definition) is 0. The Kier molecular flexibility index (Phi) is 3.36. The monoisotopic (exact) mass is 275 g/mol. The third-order valence-electron chi connectivity index (χ3n) is 4.23. The molecule has 3 heteroatoms. The van der Waals surface area contributed by atoms with E-state index in [0.29, 0.717) is 16.6 Å². The minimum atomic E-state index is 0.533. The van der Waals surface area contributed by atoms with Crippen LogP contribution in [0.3, 0.4) is 0 Å². The lowest BCUT2D eigenvalue weighted by atomic mass is 9.95. The zero-order valence-electron chi connectivity index (χ0n) is 11.2. The quantitative estimate of drug-likeness (QED) is 0.713. The summed E-state index contributed by atoms with van der Waals surface area (Å²) in [4.78, 5) is 11.1. The highest BCUT2D eigenvalue weighted by molar-refractivity contribution is 6.37. The third-order valence-corrected chi connectivity index (χ3v) is 4.63. The van der Waals surface area contributed by atoms with E-state index in [0.717, 1.165) is 17.2 Å². The van der Waals surface area contributed by atoms with Gasteiger partial charge in [0.15, 0.2) is 6.29 Å². The van der Waals surface area contributed by atoms with Gasteiger partial charge in [-0.05, 0) is 31.9 Å². The predicted octanol–water partition coefficient (Wildman–Crippen LogP) is 4.92. The van der Waals surface area contributed by atoms with Crippen LogP contribution in [0.4, 0.5) is 0 Å². The van der Waals surface area contributed by atoms with Crippen LogP contribution in [0.15, 0.2) is 18.2 Å². The van der Waals surface area contributed by atoms with Crippen LogP contribution in [-0.2, 0) is 0 Å². The molecule has 0 spiro atoms. The molecule has 1 aliphatic carbocycles. The Morgan fingerprint density at radius 1 is 1.26 bits per heavy atom. The minimum Gasteiger partial charge on any atom is -0.341 e. The largest absolute Gasteiger partial charge is 0.341 e. The van der Waals surface area contributed by atoms with Gasteiger partial charge in [0.1, 0.15) is 0 Å². The third kappa shape index (κ3) is 2.08. The molecular formula is C16H18ClNO. The topological polar surface area (TPSA) is 22.0 Å². The van der Waals surface area contributed by atoms with E-state index < -0.39 is 0 Å². The van der Waals surface area contributed by atoms with Crippen molar-refractivity contribution >= 4 is 28.8 Å². The summed E-state index contributed by atoms with van der Waals surface area (Å²) in [6.07, 6.45) is 7.18. The molecular weight excluding hydrogens is 258 g/mol. The number of aromatic nitrogens is 1. The SMILES string of the molecule is Cc1cc2ccc(C=O)c(Cl)c2n1C1CCCCC1. The van der Waals surface area contributed by atoms with E-state index in [2.05, 4.69) is 17.6 Å². The van der Waals surface area contributed by atoms with E-state index in [9.17, 15) is 4.79 Å². The van der Waals surface area contributed by atoms with Crippen molar-refractivity contribution in [3.05, 3.63) is 34.5 Å². The van der Waals surface area contributed by atoms with E-state index >= 15 is 0 Å². The molecule has 1 aromatic carbocycles. The van der Waals surface area contributed by atoms with Crippen molar-refractivity contribution in [3.63, 3.8) is 0 Å². The summed E-state index contributed by atoms with van der Waals surface area (Å²) in [6, 6.07) is 6.51. The summed E-state index contributed by atoms with van der Waals surface area (Å²) in [7, 11) is 0. The Bertz CT molecular complexity index is 623. The van der Waals surface area contributed by atoms with E-state index in [-0.39, 0.29) is 0 Å². The number of nitrogens with zero attached hydrogens (tertiary/aromatic N) is 1. The maximum Gasteiger partial charge on any atom is 0.151 e. The van der Waals surface area contributed by atoms with E-state index in [1.165, 1.54) is 37.8 Å². The number of halogens is 1. The molecule has 0 aliphatic heterocycles. The summed E-state index contributed by atoms with van der Waals surface area (Å²) < 4.78 is 2.35. The predicted molar refractivity (Wildman–Crippen MR) is 79.2 cm³/mol. The average Bonchev–Trinajstić information content (AvgIpc) is 2.77. The molecule has 1 aromatic heterocycles. The summed E-state index contributed by atoms with van der Waals surface area (Å²) in [5.41, 5.74) is 2.87. The van der Waals surface area contributed by atoms with Gasteiger partial charge < -0.3 is 4.57 Å². The first-order chi connectivity index (χ1) is 9.22. The Balaban J connectivity index is 2.21. The first-order valence-electron chi connectivity index (χ1n) is 6.97. The molecule has 0 unspecified atom stereocenters. The van der Waals surface area contributed by atoms with Gasteiger partial charge in [0.2, 0.25) is 0 Å². The fraction of sp³-hybridized carbons (Fsp3) is 0.438. The molecule has 0 amide bonds. The van der Waals surface area contributed by atoms with Crippen LogP contribution in [0.2, 0.25) is 5.02 Å². The molecule has 19 heavy (non-hydrogen) atoms. The number of aryl methyl sites for hydroxylation is 1. The number of aldehydes is 1. The highest BCUT2D eigenvalue weighted by Gasteiger charge is 2.21. The molecule has 0 bridgehead atoms. The number of fused-ring (bicyclic) bond motifs is 1. The van der Waals surface area contributed by atoms with Crippen LogP contribution in [0.25, 0.3) is 10.9 Å². The van der Waals surface area contributed by atoms with E-state index in [1.807, 2.05) is 12.1 Å². The molecule has 0 saturated heterocycles. The number of carbonyl (C=O) groups is 1. The zero-order valence-corrected chi connectivity index (χ0v) is 11.9. The van der Waals surface area contributed by atoms with Crippen LogP contribution in [-0.4, -0.2) is 10.9 Å². The van der Waals surface area contributed by atoms with E-state index in [1.54, 1.807) is 0 Å². The lowest BCUT2D eigenvalue weighted by Crippen LogP contribution is -2.14. The molecule has 2 aromatic rings. The molecule has 0 N–H and O–H groups in total. The van der Waals surface area contributed by atoms with Crippen molar-refractivity contribution < 1.29 is 4.79 Å². The van der Waals surface area contributed by atoms with Gasteiger partial charge in [-0.25, -0.2) is 0 Å². The molecule has 0 radical (unpaired) electrons. The molecule has 3 rings (SSSR count). The van der Waals surface area contributed by atoms with Gasteiger partial charge in [0.05, 0.1) is 10.5 Å². The first kappa shape index (κ1) is 12.7. The van der Waals surface area contributed by atoms with Crippen LogP contribution in [0.1, 0.15) is 54.2 Å². The summed E-state index contributed by atoms with van der Waals surface area (Å²) >= 11 is 6.43. The Labute approximate surface area is 118 Å². The summed E-state index contributed by atoms with van der Waals surface area (Å²) in [5, 5.41) is 1.74. The molecule has 1 heterocycles. The zero-order chi connectivity index (χ0) is 13.4. The normalized spacial score (nSPS) is 16.9.